The number of aromatic nitrogens is 2. The van der Waals surface area contributed by atoms with Crippen molar-refractivity contribution in [1.29, 1.82) is 0 Å². The fourth-order valence-corrected chi connectivity index (χ4v) is 3.10. The van der Waals surface area contributed by atoms with Crippen molar-refractivity contribution in [3.05, 3.63) is 29.0 Å². The molecule has 0 spiro atoms. The Kier molecular flexibility index (Phi) is 3.63. The minimum absolute atomic E-state index is 0.201. The summed E-state index contributed by atoms with van der Waals surface area (Å²) < 4.78 is 0.951. The zero-order valence-electron chi connectivity index (χ0n) is 10.7. The Bertz CT molecular complexity index is 604. The Hall–Kier alpha value is -0.870. The normalized spacial score (nSPS) is 23.8. The van der Waals surface area contributed by atoms with Crippen LogP contribution in [0.4, 0.5) is 5.69 Å². The van der Waals surface area contributed by atoms with Gasteiger partial charge in [0.05, 0.1) is 16.6 Å². The highest BCUT2D eigenvalue weighted by Crippen LogP contribution is 2.30. The van der Waals surface area contributed by atoms with Gasteiger partial charge in [-0.2, -0.15) is 0 Å². The lowest BCUT2D eigenvalue weighted by atomic mass is 9.98. The number of hydrogen-bond acceptors (Lipinski definition) is 3. The first-order valence-corrected chi connectivity index (χ1v) is 7.67. The molecule has 0 bridgehead atoms. The van der Waals surface area contributed by atoms with Crippen molar-refractivity contribution in [2.45, 2.75) is 18.7 Å². The van der Waals surface area contributed by atoms with Gasteiger partial charge in [-0.3, -0.25) is 9.97 Å². The quantitative estimate of drug-likeness (QED) is 0.738. The van der Waals surface area contributed by atoms with Crippen LogP contribution in [-0.2, 0) is 0 Å². The summed E-state index contributed by atoms with van der Waals surface area (Å²) in [5, 5.41) is 0.201. The van der Waals surface area contributed by atoms with Gasteiger partial charge in [0.15, 0.2) is 0 Å². The Morgan fingerprint density at radius 2 is 2.26 bits per heavy atom. The maximum Gasteiger partial charge on any atom is 0.112 e. The van der Waals surface area contributed by atoms with Crippen molar-refractivity contribution in [2.75, 3.05) is 18.0 Å². The van der Waals surface area contributed by atoms with Gasteiger partial charge in [0.2, 0.25) is 0 Å². The molecule has 0 radical (unpaired) electrons. The summed E-state index contributed by atoms with van der Waals surface area (Å²) in [6.07, 6.45) is 4.78. The maximum atomic E-state index is 6.40. The van der Waals surface area contributed by atoms with Gasteiger partial charge in [-0.1, -0.05) is 6.92 Å². The average molecular weight is 341 g/mol. The molecule has 0 N–H and O–H groups in total. The topological polar surface area (TPSA) is 29.0 Å². The zero-order chi connectivity index (χ0) is 13.4. The lowest BCUT2D eigenvalue weighted by Crippen LogP contribution is -2.40. The van der Waals surface area contributed by atoms with Gasteiger partial charge in [0.1, 0.15) is 5.52 Å². The number of halogens is 2. The average Bonchev–Trinajstić information content (AvgIpc) is 2.41. The molecule has 100 valence electrons. The van der Waals surface area contributed by atoms with E-state index in [0.717, 1.165) is 40.7 Å². The molecular formula is C14H15BrClN3. The van der Waals surface area contributed by atoms with E-state index in [1.807, 2.05) is 24.5 Å². The van der Waals surface area contributed by atoms with Crippen LogP contribution in [0.2, 0.25) is 0 Å². The SMILES string of the molecule is CC1CCN(c2ccnc3cc(Br)cnc23)CC1Cl. The predicted molar refractivity (Wildman–Crippen MR) is 82.9 cm³/mol. The molecule has 0 aliphatic carbocycles. The largest absolute Gasteiger partial charge is 0.368 e. The van der Waals surface area contributed by atoms with E-state index >= 15 is 0 Å². The van der Waals surface area contributed by atoms with Gasteiger partial charge in [0, 0.05) is 30.0 Å². The summed E-state index contributed by atoms with van der Waals surface area (Å²) in [6, 6.07) is 4.03. The third-order valence-corrected chi connectivity index (χ3v) is 4.73. The molecule has 0 aromatic carbocycles. The number of alkyl halides is 1. The van der Waals surface area contributed by atoms with E-state index in [1.54, 1.807) is 0 Å². The first-order chi connectivity index (χ1) is 9.15. The van der Waals surface area contributed by atoms with Crippen LogP contribution in [0.5, 0.6) is 0 Å². The van der Waals surface area contributed by atoms with Crippen LogP contribution in [0.3, 0.4) is 0 Å². The van der Waals surface area contributed by atoms with Crippen LogP contribution in [0.1, 0.15) is 13.3 Å². The summed E-state index contributed by atoms with van der Waals surface area (Å²) in [6.45, 7) is 4.12. The van der Waals surface area contributed by atoms with E-state index in [2.05, 4.69) is 37.7 Å². The van der Waals surface area contributed by atoms with Crippen molar-refractivity contribution >= 4 is 44.3 Å². The molecule has 2 aromatic heterocycles. The molecular weight excluding hydrogens is 326 g/mol. The predicted octanol–water partition coefficient (Wildman–Crippen LogP) is 3.85. The summed E-state index contributed by atoms with van der Waals surface area (Å²) in [5.74, 6) is 0.577. The monoisotopic (exact) mass is 339 g/mol. The van der Waals surface area contributed by atoms with Gasteiger partial charge < -0.3 is 4.90 Å². The number of piperidine rings is 1. The first-order valence-electron chi connectivity index (χ1n) is 6.44. The summed E-state index contributed by atoms with van der Waals surface area (Å²) in [4.78, 5) is 11.2. The number of rotatable bonds is 1. The highest BCUT2D eigenvalue weighted by molar-refractivity contribution is 9.10. The van der Waals surface area contributed by atoms with Gasteiger partial charge in [-0.05, 0) is 40.4 Å². The van der Waals surface area contributed by atoms with Crippen LogP contribution in [0, 0.1) is 5.92 Å². The Morgan fingerprint density at radius 3 is 3.05 bits per heavy atom. The van der Waals surface area contributed by atoms with Crippen molar-refractivity contribution < 1.29 is 0 Å². The van der Waals surface area contributed by atoms with Crippen LogP contribution in [0.15, 0.2) is 29.0 Å². The third-order valence-electron chi connectivity index (χ3n) is 3.73. The first kappa shape index (κ1) is 13.1. The Balaban J connectivity index is 2.01. The second-order valence-electron chi connectivity index (χ2n) is 5.08. The Labute approximate surface area is 126 Å². The lowest BCUT2D eigenvalue weighted by molar-refractivity contribution is 0.446. The van der Waals surface area contributed by atoms with Gasteiger partial charge >= 0.3 is 0 Å². The Morgan fingerprint density at radius 1 is 1.42 bits per heavy atom. The van der Waals surface area contributed by atoms with E-state index in [-0.39, 0.29) is 5.38 Å². The second-order valence-corrected chi connectivity index (χ2v) is 6.56. The summed E-state index contributed by atoms with van der Waals surface area (Å²) >= 11 is 9.84. The molecule has 5 heteroatoms. The number of fused-ring (bicyclic) bond motifs is 1. The molecule has 3 rings (SSSR count). The molecule has 3 heterocycles. The van der Waals surface area contributed by atoms with E-state index in [4.69, 9.17) is 11.6 Å². The zero-order valence-corrected chi connectivity index (χ0v) is 13.0. The second kappa shape index (κ2) is 5.25. The minimum atomic E-state index is 0.201. The molecule has 0 saturated carbocycles. The molecule has 2 unspecified atom stereocenters. The molecule has 19 heavy (non-hydrogen) atoms. The van der Waals surface area contributed by atoms with E-state index in [1.165, 1.54) is 0 Å². The van der Waals surface area contributed by atoms with Crippen LogP contribution < -0.4 is 4.90 Å². The van der Waals surface area contributed by atoms with Gasteiger partial charge in [0.25, 0.3) is 0 Å². The van der Waals surface area contributed by atoms with Crippen LogP contribution >= 0.6 is 27.5 Å². The van der Waals surface area contributed by atoms with E-state index in [0.29, 0.717) is 5.92 Å². The lowest BCUT2D eigenvalue weighted by Gasteiger charge is -2.35. The fraction of sp³-hybridized carbons (Fsp3) is 0.429. The van der Waals surface area contributed by atoms with Crippen molar-refractivity contribution in [3.63, 3.8) is 0 Å². The number of pyridine rings is 2. The molecule has 3 nitrogen and oxygen atoms in total. The molecule has 1 aliphatic heterocycles. The van der Waals surface area contributed by atoms with Gasteiger partial charge in [-0.15, -0.1) is 11.6 Å². The molecule has 2 aromatic rings. The summed E-state index contributed by atoms with van der Waals surface area (Å²) in [7, 11) is 0. The third kappa shape index (κ3) is 2.56. The number of hydrogen-bond donors (Lipinski definition) is 0. The van der Waals surface area contributed by atoms with Crippen molar-refractivity contribution in [1.82, 2.24) is 9.97 Å². The minimum Gasteiger partial charge on any atom is -0.368 e. The van der Waals surface area contributed by atoms with Crippen molar-refractivity contribution in [3.8, 4) is 0 Å². The highest BCUT2D eigenvalue weighted by Gasteiger charge is 2.25. The number of anilines is 1. The standard InChI is InChI=1S/C14H15BrClN3/c1-9-3-5-19(8-11(9)16)13-2-4-17-12-6-10(15)7-18-14(12)13/h2,4,6-7,9,11H,3,5,8H2,1H3. The maximum absolute atomic E-state index is 6.40. The van der Waals surface area contributed by atoms with Crippen molar-refractivity contribution in [2.24, 2.45) is 5.92 Å². The van der Waals surface area contributed by atoms with Crippen LogP contribution in [-0.4, -0.2) is 28.4 Å². The smallest absolute Gasteiger partial charge is 0.112 e. The molecule has 1 aliphatic rings. The van der Waals surface area contributed by atoms with E-state index < -0.39 is 0 Å². The fourth-order valence-electron chi connectivity index (χ4n) is 2.49. The highest BCUT2D eigenvalue weighted by atomic mass is 79.9. The van der Waals surface area contributed by atoms with Crippen LogP contribution in [0.25, 0.3) is 11.0 Å². The van der Waals surface area contributed by atoms with Gasteiger partial charge in [-0.25, -0.2) is 0 Å². The molecule has 2 atom stereocenters. The summed E-state index contributed by atoms with van der Waals surface area (Å²) in [5.41, 5.74) is 3.00. The molecule has 1 saturated heterocycles. The molecule has 0 amide bonds. The number of nitrogens with zero attached hydrogens (tertiary/aromatic N) is 3. The van der Waals surface area contributed by atoms with E-state index in [9.17, 15) is 0 Å². The molecule has 1 fully saturated rings.